The summed E-state index contributed by atoms with van der Waals surface area (Å²) in [5.41, 5.74) is 0.0454. The second-order valence-electron chi connectivity index (χ2n) is 8.80. The topological polar surface area (TPSA) is 165 Å². The molecule has 11 nitrogen and oxygen atoms in total. The maximum Gasteiger partial charge on any atom is 0.389 e. The first-order valence-corrected chi connectivity index (χ1v) is 12.1. The number of fused-ring (bicyclic) bond motifs is 1. The standard InChI is InChI=1S/C24H27F3N2O6.H3NO2/c25-24(26,27)13-6-4-2-1-3-5-8-15(30)14-35-18-10-7-9-16-20(18)23(34)29(22(16)33)17-11-12-19(31)28-21(17)32;1-3-2/h7,9-10,17H,1-6,8,11-14H2,(H,28,31,32);2H,1H2. The Bertz CT molecular complexity index is 1030. The van der Waals surface area contributed by atoms with Crippen molar-refractivity contribution >= 4 is 29.4 Å². The first-order chi connectivity index (χ1) is 18.0. The highest BCUT2D eigenvalue weighted by atomic mass is 19.4. The summed E-state index contributed by atoms with van der Waals surface area (Å²) in [7, 11) is 0. The summed E-state index contributed by atoms with van der Waals surface area (Å²) in [5, 5.41) is 8.98. The minimum Gasteiger partial charge on any atom is -0.485 e. The zero-order chi connectivity index (χ0) is 28.3. The van der Waals surface area contributed by atoms with Gasteiger partial charge in [0.2, 0.25) is 11.8 Å². The van der Waals surface area contributed by atoms with Crippen LogP contribution in [0.2, 0.25) is 0 Å². The predicted molar refractivity (Wildman–Crippen MR) is 125 cm³/mol. The zero-order valence-electron chi connectivity index (χ0n) is 20.6. The summed E-state index contributed by atoms with van der Waals surface area (Å²) in [4.78, 5) is 65.1. The first-order valence-electron chi connectivity index (χ1n) is 12.1. The van der Waals surface area contributed by atoms with E-state index in [1.807, 2.05) is 0 Å². The van der Waals surface area contributed by atoms with Gasteiger partial charge in [0.1, 0.15) is 18.4 Å². The zero-order valence-corrected chi connectivity index (χ0v) is 20.6. The second kappa shape index (κ2) is 14.5. The number of ether oxygens (including phenoxy) is 1. The van der Waals surface area contributed by atoms with Crippen molar-refractivity contribution in [3.05, 3.63) is 29.3 Å². The van der Waals surface area contributed by atoms with Crippen molar-refractivity contribution < 1.29 is 52.1 Å². The summed E-state index contributed by atoms with van der Waals surface area (Å²) in [6.07, 6.45) is -1.30. The number of hydrogen-bond acceptors (Lipinski definition) is 9. The quantitative estimate of drug-likeness (QED) is 0.155. The van der Waals surface area contributed by atoms with Gasteiger partial charge in [0.25, 0.3) is 11.8 Å². The lowest BCUT2D eigenvalue weighted by atomic mass is 10.0. The summed E-state index contributed by atoms with van der Waals surface area (Å²) in [5.74, 6) is 1.20. The number of carbonyl (C=O) groups excluding carboxylic acids is 5. The number of Topliss-reactive ketones (excluding diaryl/α,β-unsaturated/α-hetero) is 1. The van der Waals surface area contributed by atoms with Crippen molar-refractivity contribution in [2.45, 2.75) is 76.4 Å². The smallest absolute Gasteiger partial charge is 0.389 e. The molecule has 210 valence electrons. The van der Waals surface area contributed by atoms with Crippen molar-refractivity contribution in [1.29, 1.82) is 0 Å². The van der Waals surface area contributed by atoms with Crippen LogP contribution < -0.4 is 16.0 Å². The fourth-order valence-electron chi connectivity index (χ4n) is 4.19. The summed E-state index contributed by atoms with van der Waals surface area (Å²) >= 11 is 0. The van der Waals surface area contributed by atoms with E-state index in [0.29, 0.717) is 25.7 Å². The molecule has 0 saturated carbocycles. The molecular formula is C24H30F3N3O8. The Labute approximate surface area is 216 Å². The Morgan fingerprint density at radius 3 is 2.32 bits per heavy atom. The molecule has 2 aliphatic rings. The van der Waals surface area contributed by atoms with Crippen LogP contribution >= 0.6 is 0 Å². The average Bonchev–Trinajstić information content (AvgIpc) is 3.10. The number of alkyl halides is 3. The number of halogens is 3. The van der Waals surface area contributed by atoms with Gasteiger partial charge in [0, 0.05) is 19.3 Å². The van der Waals surface area contributed by atoms with Crippen LogP contribution in [0.25, 0.3) is 0 Å². The lowest BCUT2D eigenvalue weighted by Gasteiger charge is -2.27. The molecule has 0 bridgehead atoms. The minimum absolute atomic E-state index is 0.00916. The van der Waals surface area contributed by atoms with E-state index in [1.165, 1.54) is 18.2 Å². The summed E-state index contributed by atoms with van der Waals surface area (Å²) < 4.78 is 41.8. The monoisotopic (exact) mass is 545 g/mol. The Balaban J connectivity index is 0.00000161. The molecule has 3 rings (SSSR count). The Morgan fingerprint density at radius 1 is 1.05 bits per heavy atom. The molecule has 2 heterocycles. The molecule has 0 spiro atoms. The van der Waals surface area contributed by atoms with E-state index in [9.17, 15) is 37.1 Å². The molecule has 1 unspecified atom stereocenters. The molecule has 38 heavy (non-hydrogen) atoms. The number of imide groups is 2. The highest BCUT2D eigenvalue weighted by molar-refractivity contribution is 6.24. The lowest BCUT2D eigenvalue weighted by Crippen LogP contribution is -2.54. The average molecular weight is 546 g/mol. The van der Waals surface area contributed by atoms with Gasteiger partial charge < -0.3 is 4.74 Å². The van der Waals surface area contributed by atoms with Crippen molar-refractivity contribution in [3.8, 4) is 5.75 Å². The normalized spacial score (nSPS) is 17.1. The predicted octanol–water partition coefficient (Wildman–Crippen LogP) is 3.07. The summed E-state index contributed by atoms with van der Waals surface area (Å²) in [6.45, 7) is -0.304. The molecule has 4 N–H and O–H groups in total. The molecule has 2 aliphatic heterocycles. The molecule has 0 radical (unpaired) electrons. The van der Waals surface area contributed by atoms with Gasteiger partial charge in [0.05, 0.1) is 11.1 Å². The van der Waals surface area contributed by atoms with Gasteiger partial charge in [0.15, 0.2) is 5.78 Å². The number of amides is 4. The van der Waals surface area contributed by atoms with E-state index in [4.69, 9.17) is 9.99 Å². The largest absolute Gasteiger partial charge is 0.485 e. The number of hydrogen-bond donors (Lipinski definition) is 3. The molecule has 1 aromatic rings. The van der Waals surface area contributed by atoms with Gasteiger partial charge >= 0.3 is 6.18 Å². The Morgan fingerprint density at radius 2 is 1.68 bits per heavy atom. The third kappa shape index (κ3) is 8.89. The van der Waals surface area contributed by atoms with Crippen LogP contribution in [0.3, 0.4) is 0 Å². The maximum absolute atomic E-state index is 13.0. The number of rotatable bonds is 12. The number of ketones is 1. The van der Waals surface area contributed by atoms with Gasteiger partial charge in [-0.3, -0.25) is 34.2 Å². The molecule has 14 heteroatoms. The third-order valence-corrected chi connectivity index (χ3v) is 5.98. The number of piperidine rings is 1. The van der Waals surface area contributed by atoms with Crippen LogP contribution in [0, 0.1) is 0 Å². The lowest BCUT2D eigenvalue weighted by molar-refractivity contribution is -0.247. The fourth-order valence-corrected chi connectivity index (χ4v) is 4.19. The highest BCUT2D eigenvalue weighted by Gasteiger charge is 2.46. The van der Waals surface area contributed by atoms with Gasteiger partial charge in [-0.1, -0.05) is 31.7 Å². The SMILES string of the molecule is NOO.O=C(CCCCCCCCC(F)(F)F)COc1cccc2c1C(=O)N(C1CCC(=O)NC1=O)C2=O. The van der Waals surface area contributed by atoms with Gasteiger partial charge in [-0.25, -0.2) is 5.26 Å². The van der Waals surface area contributed by atoms with Crippen molar-refractivity contribution in [2.24, 2.45) is 5.90 Å². The maximum atomic E-state index is 13.0. The van der Waals surface area contributed by atoms with Crippen LogP contribution in [0.1, 0.15) is 84.9 Å². The van der Waals surface area contributed by atoms with Gasteiger partial charge in [-0.15, -0.1) is 4.99 Å². The number of carbonyl (C=O) groups is 5. The van der Waals surface area contributed by atoms with Crippen LogP contribution in [-0.4, -0.2) is 58.4 Å². The molecule has 0 aliphatic carbocycles. The summed E-state index contributed by atoms with van der Waals surface area (Å²) in [6, 6.07) is 3.32. The van der Waals surface area contributed by atoms with Crippen molar-refractivity contribution in [1.82, 2.24) is 10.2 Å². The van der Waals surface area contributed by atoms with Crippen LogP contribution in [0.5, 0.6) is 5.75 Å². The van der Waals surface area contributed by atoms with Crippen molar-refractivity contribution in [2.75, 3.05) is 6.61 Å². The van der Waals surface area contributed by atoms with Gasteiger partial charge in [-0.05, 0) is 31.4 Å². The number of nitrogens with two attached hydrogens (primary N) is 1. The molecule has 1 aromatic carbocycles. The molecule has 1 fully saturated rings. The van der Waals surface area contributed by atoms with E-state index in [0.717, 1.165) is 11.3 Å². The highest BCUT2D eigenvalue weighted by Crippen LogP contribution is 2.33. The van der Waals surface area contributed by atoms with E-state index in [1.54, 1.807) is 0 Å². The van der Waals surface area contributed by atoms with Crippen molar-refractivity contribution in [3.63, 3.8) is 0 Å². The van der Waals surface area contributed by atoms with Crippen LogP contribution in [-0.2, 0) is 19.4 Å². The number of nitrogens with zero attached hydrogens (tertiary/aromatic N) is 1. The molecule has 0 aromatic heterocycles. The molecule has 1 saturated heterocycles. The minimum atomic E-state index is -4.12. The Kier molecular flexibility index (Phi) is 11.8. The molecular weight excluding hydrogens is 515 g/mol. The van der Waals surface area contributed by atoms with E-state index in [-0.39, 0.29) is 54.9 Å². The van der Waals surface area contributed by atoms with Crippen LogP contribution in [0.4, 0.5) is 13.2 Å². The van der Waals surface area contributed by atoms with E-state index in [2.05, 4.69) is 16.2 Å². The second-order valence-corrected chi connectivity index (χ2v) is 8.80. The van der Waals surface area contributed by atoms with E-state index < -0.39 is 42.3 Å². The number of nitrogens with one attached hydrogen (secondary N) is 1. The number of benzene rings is 1. The number of unbranched alkanes of at least 4 members (excludes halogenated alkanes) is 5. The first kappa shape index (κ1) is 30.9. The van der Waals surface area contributed by atoms with Crippen LogP contribution in [0.15, 0.2) is 18.2 Å². The van der Waals surface area contributed by atoms with E-state index >= 15 is 0 Å². The third-order valence-electron chi connectivity index (χ3n) is 5.98. The molecule has 4 amide bonds. The molecule has 1 atom stereocenters. The fraction of sp³-hybridized carbons (Fsp3) is 0.542. The Hall–Kier alpha value is -3.36. The van der Waals surface area contributed by atoms with Gasteiger partial charge in [-0.2, -0.15) is 19.1 Å².